The molecule has 0 bridgehead atoms. The molecule has 1 unspecified atom stereocenters. The summed E-state index contributed by atoms with van der Waals surface area (Å²) >= 11 is 0. The fourth-order valence-corrected chi connectivity index (χ4v) is 3.95. The summed E-state index contributed by atoms with van der Waals surface area (Å²) in [6, 6.07) is 7.34. The van der Waals surface area contributed by atoms with E-state index < -0.39 is 52.6 Å². The molecule has 1 aromatic heterocycles. The van der Waals surface area contributed by atoms with Gasteiger partial charge >= 0.3 is 18.3 Å². The van der Waals surface area contributed by atoms with Crippen LogP contribution in [0.5, 0.6) is 0 Å². The van der Waals surface area contributed by atoms with Crippen molar-refractivity contribution in [1.29, 1.82) is 0 Å². The largest absolute Gasteiger partial charge is 0.479 e. The van der Waals surface area contributed by atoms with Crippen LogP contribution >= 0.6 is 0 Å². The van der Waals surface area contributed by atoms with E-state index in [0.29, 0.717) is 12.1 Å². The fourth-order valence-electron chi connectivity index (χ4n) is 3.95. The predicted octanol–water partition coefficient (Wildman–Crippen LogP) is 5.75. The molecule has 0 aliphatic carbocycles. The number of aliphatic carboxylic acids is 1. The minimum Gasteiger partial charge on any atom is -0.479 e. The van der Waals surface area contributed by atoms with Crippen LogP contribution in [0.4, 0.5) is 30.7 Å². The van der Waals surface area contributed by atoms with Crippen molar-refractivity contribution in [3.63, 3.8) is 0 Å². The number of fused-ring (bicyclic) bond motifs is 1. The minimum absolute atomic E-state index is 0.0198. The Labute approximate surface area is 219 Å². The van der Waals surface area contributed by atoms with Crippen molar-refractivity contribution in [3.8, 4) is 34.2 Å². The molecule has 8 nitrogen and oxygen atoms in total. The summed E-state index contributed by atoms with van der Waals surface area (Å²) in [5.41, 5.74) is -4.17. The molecule has 1 N–H and O–H groups in total. The summed E-state index contributed by atoms with van der Waals surface area (Å²) in [5.74, 6) is -1.90. The van der Waals surface area contributed by atoms with Crippen LogP contribution in [-0.2, 0) is 17.1 Å². The molecule has 15 heteroatoms. The van der Waals surface area contributed by atoms with Gasteiger partial charge in [0, 0.05) is 11.8 Å². The van der Waals surface area contributed by atoms with Gasteiger partial charge in [-0.25, -0.2) is 24.1 Å². The van der Waals surface area contributed by atoms with E-state index in [1.165, 1.54) is 24.4 Å². The average molecular weight is 562 g/mol. The van der Waals surface area contributed by atoms with Gasteiger partial charge < -0.3 is 9.67 Å². The third-order valence-electron chi connectivity index (χ3n) is 5.79. The van der Waals surface area contributed by atoms with E-state index in [2.05, 4.69) is 25.1 Å². The first-order chi connectivity index (χ1) is 18.8. The molecule has 40 heavy (non-hydrogen) atoms. The van der Waals surface area contributed by atoms with Gasteiger partial charge in [0.05, 0.1) is 34.4 Å². The average Bonchev–Trinajstić information content (AvgIpc) is 3.31. The summed E-state index contributed by atoms with van der Waals surface area (Å²) in [5, 5.41) is 17.3. The summed E-state index contributed by atoms with van der Waals surface area (Å²) < 4.78 is 94.9. The van der Waals surface area contributed by atoms with Crippen LogP contribution in [0, 0.1) is 5.82 Å². The third-order valence-corrected chi connectivity index (χ3v) is 5.79. The molecule has 2 aliphatic rings. The molecule has 2 aliphatic heterocycles. The third kappa shape index (κ3) is 5.04. The van der Waals surface area contributed by atoms with Crippen LogP contribution in [0.1, 0.15) is 22.9 Å². The Kier molecular flexibility index (Phi) is 6.44. The van der Waals surface area contributed by atoms with Crippen LogP contribution in [0.25, 0.3) is 34.2 Å². The van der Waals surface area contributed by atoms with Crippen molar-refractivity contribution < 1.29 is 40.6 Å². The zero-order valence-electron chi connectivity index (χ0n) is 19.6. The van der Waals surface area contributed by atoms with Crippen LogP contribution in [-0.4, -0.2) is 40.8 Å². The lowest BCUT2D eigenvalue weighted by molar-refractivity contribution is -0.143. The standard InChI is InChI=1S/C25H13F7N6O2/c26-16-4-2-1-3-14(16)21-34-19-10-38(11-33-22(19)35-21)20(23(39)40)18-8-7-17(36-37-18)13-6-5-12(24(27,28)29)9-15(13)25(30,31)32/h1-11,20H,(H,39,40). The number of carboxylic acids is 1. The molecule has 0 fully saturated rings. The zero-order chi connectivity index (χ0) is 28.8. The summed E-state index contributed by atoms with van der Waals surface area (Å²) in [6.07, 6.45) is -7.77. The second kappa shape index (κ2) is 9.66. The number of hydrogen-bond acceptors (Lipinski definition) is 6. The van der Waals surface area contributed by atoms with Gasteiger partial charge in [-0.1, -0.05) is 18.2 Å². The number of rotatable bonds is 5. The zero-order valence-corrected chi connectivity index (χ0v) is 19.6. The normalized spacial score (nSPS) is 13.0. The number of benzene rings is 2. The number of alkyl halides is 6. The molecule has 5 rings (SSSR count). The van der Waals surface area contributed by atoms with Crippen molar-refractivity contribution >= 4 is 5.97 Å². The second-order valence-corrected chi connectivity index (χ2v) is 8.40. The molecule has 0 saturated carbocycles. The van der Waals surface area contributed by atoms with Gasteiger partial charge in [-0.2, -0.15) is 36.5 Å². The van der Waals surface area contributed by atoms with Crippen LogP contribution < -0.4 is 0 Å². The molecule has 3 aromatic rings. The van der Waals surface area contributed by atoms with Crippen molar-refractivity contribution in [2.24, 2.45) is 0 Å². The number of imidazole rings is 1. The fraction of sp³-hybridized carbons (Fsp3) is 0.120. The van der Waals surface area contributed by atoms with E-state index in [1.807, 2.05) is 0 Å². The lowest BCUT2D eigenvalue weighted by atomic mass is 10.00. The van der Waals surface area contributed by atoms with Gasteiger partial charge in [0.1, 0.15) is 11.5 Å². The van der Waals surface area contributed by atoms with Gasteiger partial charge in [0.25, 0.3) is 0 Å². The Balaban J connectivity index is 1.51. The number of hydrogen-bond donors (Lipinski definition) is 1. The monoisotopic (exact) mass is 562 g/mol. The molecule has 2 aromatic carbocycles. The number of carbonyl (C=O) groups is 1. The lowest BCUT2D eigenvalue weighted by Gasteiger charge is -2.17. The van der Waals surface area contributed by atoms with E-state index in [-0.39, 0.29) is 34.7 Å². The minimum atomic E-state index is -5.14. The predicted molar refractivity (Wildman–Crippen MR) is 123 cm³/mol. The molecule has 204 valence electrons. The molecular formula is C25H13F7N6O2. The van der Waals surface area contributed by atoms with E-state index in [4.69, 9.17) is 0 Å². The van der Waals surface area contributed by atoms with E-state index in [1.54, 1.807) is 6.07 Å². The number of carboxylic acid groups (broad SMARTS) is 1. The quantitative estimate of drug-likeness (QED) is 0.272. The van der Waals surface area contributed by atoms with E-state index >= 15 is 0 Å². The first-order valence-corrected chi connectivity index (χ1v) is 11.1. The molecule has 0 spiro atoms. The topological polar surface area (TPSA) is 107 Å². The van der Waals surface area contributed by atoms with Crippen molar-refractivity contribution in [2.45, 2.75) is 18.4 Å². The first-order valence-electron chi connectivity index (χ1n) is 11.1. The van der Waals surface area contributed by atoms with Gasteiger partial charge in [-0.05, 0) is 36.4 Å². The molecular weight excluding hydrogens is 549 g/mol. The number of halogens is 7. The van der Waals surface area contributed by atoms with Crippen LogP contribution in [0.15, 0.2) is 67.1 Å². The molecule has 0 saturated heterocycles. The van der Waals surface area contributed by atoms with Crippen LogP contribution in [0.3, 0.4) is 0 Å². The molecule has 0 amide bonds. The highest BCUT2D eigenvalue weighted by Crippen LogP contribution is 2.40. The second-order valence-electron chi connectivity index (χ2n) is 8.40. The van der Waals surface area contributed by atoms with Gasteiger partial charge in [-0.3, -0.25) is 0 Å². The Bertz CT molecular complexity index is 1680. The first kappa shape index (κ1) is 26.6. The molecule has 3 heterocycles. The molecule has 1 atom stereocenters. The van der Waals surface area contributed by atoms with E-state index in [9.17, 15) is 40.6 Å². The van der Waals surface area contributed by atoms with Gasteiger partial charge in [-0.15, -0.1) is 0 Å². The van der Waals surface area contributed by atoms with Crippen molar-refractivity contribution in [1.82, 2.24) is 29.7 Å². The maximum absolute atomic E-state index is 14.1. The Morgan fingerprint density at radius 2 is 1.57 bits per heavy atom. The summed E-state index contributed by atoms with van der Waals surface area (Å²) in [7, 11) is 0. The number of aromatic nitrogens is 6. The Morgan fingerprint density at radius 1 is 0.825 bits per heavy atom. The van der Waals surface area contributed by atoms with Crippen molar-refractivity contribution in [3.05, 3.63) is 89.8 Å². The summed E-state index contributed by atoms with van der Waals surface area (Å²) in [4.78, 5) is 24.5. The number of nitrogens with zero attached hydrogens (tertiary/aromatic N) is 6. The highest BCUT2D eigenvalue weighted by Gasteiger charge is 2.39. The van der Waals surface area contributed by atoms with Gasteiger partial charge in [0.2, 0.25) is 0 Å². The maximum atomic E-state index is 14.1. The maximum Gasteiger partial charge on any atom is 0.417 e. The smallest absolute Gasteiger partial charge is 0.417 e. The van der Waals surface area contributed by atoms with Crippen molar-refractivity contribution in [2.75, 3.05) is 0 Å². The highest BCUT2D eigenvalue weighted by molar-refractivity contribution is 5.76. The SMILES string of the molecule is O=C(O)C(c1ccc(-c2ccc(C(F)(F)F)cc2C(F)(F)F)nn1)n1cnc2nc(-c3ccccc3F)nc-2c1. The Hall–Kier alpha value is -4.95. The van der Waals surface area contributed by atoms with E-state index in [0.717, 1.165) is 23.0 Å². The Morgan fingerprint density at radius 3 is 2.20 bits per heavy atom. The molecule has 0 radical (unpaired) electrons. The van der Waals surface area contributed by atoms with Gasteiger partial charge in [0.15, 0.2) is 17.7 Å². The van der Waals surface area contributed by atoms with Crippen LogP contribution in [0.2, 0.25) is 0 Å². The lowest BCUT2D eigenvalue weighted by Crippen LogP contribution is -2.22. The highest BCUT2D eigenvalue weighted by atomic mass is 19.4. The summed E-state index contributed by atoms with van der Waals surface area (Å²) in [6.45, 7) is 0.